The molecule has 6 nitrogen and oxygen atoms in total. The summed E-state index contributed by atoms with van der Waals surface area (Å²) in [4.78, 5) is 17.4. The molecule has 0 spiro atoms. The van der Waals surface area contributed by atoms with E-state index in [1.165, 1.54) is 12.1 Å². The Morgan fingerprint density at radius 1 is 0.870 bits per heavy atom. The van der Waals surface area contributed by atoms with Gasteiger partial charge in [0.1, 0.15) is 12.4 Å². The molecular formula is C45H49FNO5PSi. The Morgan fingerprint density at radius 2 is 1.43 bits per heavy atom. The summed E-state index contributed by atoms with van der Waals surface area (Å²) in [5, 5.41) is 11.6. The fourth-order valence-corrected chi connectivity index (χ4v) is 12.9. The Hall–Kier alpha value is -4.64. The smallest absolute Gasteiger partial charge is 0.305 e. The van der Waals surface area contributed by atoms with Crippen molar-refractivity contribution in [1.29, 1.82) is 0 Å². The minimum Gasteiger partial charge on any atom is -0.481 e. The van der Waals surface area contributed by atoms with E-state index in [1.807, 2.05) is 91.0 Å². The van der Waals surface area contributed by atoms with Gasteiger partial charge in [-0.05, 0) is 51.0 Å². The van der Waals surface area contributed by atoms with Crippen molar-refractivity contribution in [3.8, 4) is 34.2 Å². The summed E-state index contributed by atoms with van der Waals surface area (Å²) in [6, 6.07) is 36.3. The van der Waals surface area contributed by atoms with Crippen LogP contribution in [0.4, 0.5) is 4.39 Å². The molecule has 9 heteroatoms. The molecule has 2 atom stereocenters. The van der Waals surface area contributed by atoms with Crippen molar-refractivity contribution >= 4 is 32.7 Å². The van der Waals surface area contributed by atoms with E-state index >= 15 is 0 Å². The first-order valence-corrected chi connectivity index (χ1v) is 21.8. The average Bonchev–Trinajstić information content (AvgIpc) is 3.15. The van der Waals surface area contributed by atoms with Crippen LogP contribution in [0, 0.1) is 17.7 Å². The van der Waals surface area contributed by atoms with Crippen molar-refractivity contribution in [1.82, 2.24) is 4.98 Å². The third kappa shape index (κ3) is 9.34. The molecule has 0 saturated carbocycles. The first kappa shape index (κ1) is 40.5. The fraction of sp³-hybridized carbons (Fsp3) is 0.289. The molecule has 2 unspecified atom stereocenters. The monoisotopic (exact) mass is 761 g/mol. The number of carboxylic acids is 1. The first-order valence-electron chi connectivity index (χ1n) is 18.4. The third-order valence-electron chi connectivity index (χ3n) is 9.48. The van der Waals surface area contributed by atoms with Gasteiger partial charge in [0, 0.05) is 17.3 Å². The summed E-state index contributed by atoms with van der Waals surface area (Å²) in [6.45, 7) is 12.4. The number of hydrogen-bond donors (Lipinski definition) is 1. The lowest BCUT2D eigenvalue weighted by Gasteiger charge is -2.45. The predicted octanol–water partition coefficient (Wildman–Crippen LogP) is 9.50. The number of aromatic nitrogens is 1. The summed E-state index contributed by atoms with van der Waals surface area (Å²) in [6.07, 6.45) is -0.604. The number of pyridine rings is 1. The highest BCUT2D eigenvalue weighted by atomic mass is 31.1. The number of benzene rings is 4. The van der Waals surface area contributed by atoms with Crippen molar-refractivity contribution in [2.75, 3.05) is 12.8 Å². The van der Waals surface area contributed by atoms with Crippen LogP contribution in [0.15, 0.2) is 115 Å². The maximum absolute atomic E-state index is 14.1. The number of hydrogen-bond acceptors (Lipinski definition) is 5. The molecule has 0 radical (unpaired) electrons. The quantitative estimate of drug-likeness (QED) is 0.0690. The number of carbonyl (C=O) groups is 1. The molecule has 54 heavy (non-hydrogen) atoms. The molecule has 1 aromatic heterocycles. The van der Waals surface area contributed by atoms with E-state index in [1.54, 1.807) is 12.1 Å². The molecule has 0 saturated heterocycles. The van der Waals surface area contributed by atoms with Gasteiger partial charge in [0.2, 0.25) is 0 Å². The average molecular weight is 762 g/mol. The normalized spacial score (nSPS) is 12.9. The molecule has 5 rings (SSSR count). The number of nitrogens with zero attached hydrogens (tertiary/aromatic N) is 1. The zero-order valence-electron chi connectivity index (χ0n) is 31.9. The van der Waals surface area contributed by atoms with Gasteiger partial charge in [-0.25, -0.2) is 4.39 Å². The van der Waals surface area contributed by atoms with Gasteiger partial charge in [0.05, 0.1) is 29.5 Å². The van der Waals surface area contributed by atoms with Gasteiger partial charge in [0.25, 0.3) is 8.32 Å². The van der Waals surface area contributed by atoms with Crippen LogP contribution in [0.25, 0.3) is 22.4 Å². The molecule has 0 bridgehead atoms. The van der Waals surface area contributed by atoms with Crippen molar-refractivity contribution < 1.29 is 27.8 Å². The summed E-state index contributed by atoms with van der Waals surface area (Å²) in [5.74, 6) is 5.03. The topological polar surface area (TPSA) is 85.7 Å². The van der Waals surface area contributed by atoms with Gasteiger partial charge in [-0.2, -0.15) is 0 Å². The predicted molar refractivity (Wildman–Crippen MR) is 220 cm³/mol. The molecule has 1 heterocycles. The molecule has 0 amide bonds. The number of rotatable bonds is 14. The maximum atomic E-state index is 14.1. The van der Waals surface area contributed by atoms with E-state index in [4.69, 9.17) is 13.9 Å². The van der Waals surface area contributed by atoms with E-state index in [-0.39, 0.29) is 30.9 Å². The van der Waals surface area contributed by atoms with Crippen molar-refractivity contribution in [2.24, 2.45) is 0 Å². The lowest BCUT2D eigenvalue weighted by Crippen LogP contribution is -2.68. The van der Waals surface area contributed by atoms with Crippen LogP contribution >= 0.6 is 8.03 Å². The zero-order valence-corrected chi connectivity index (χ0v) is 33.9. The second-order valence-electron chi connectivity index (χ2n) is 14.6. The number of halogens is 1. The zero-order chi connectivity index (χ0) is 38.9. The molecule has 1 N–H and O–H groups in total. The van der Waals surface area contributed by atoms with E-state index in [2.05, 4.69) is 53.4 Å². The van der Waals surface area contributed by atoms with E-state index in [0.29, 0.717) is 6.42 Å². The molecular weight excluding hydrogens is 713 g/mol. The van der Waals surface area contributed by atoms with Crippen LogP contribution in [-0.4, -0.2) is 43.2 Å². The van der Waals surface area contributed by atoms with Gasteiger partial charge in [-0.15, -0.1) is 0 Å². The van der Waals surface area contributed by atoms with Gasteiger partial charge >= 0.3 is 5.97 Å². The largest absolute Gasteiger partial charge is 0.481 e. The number of aliphatic carboxylic acids is 1. The Labute approximate surface area is 320 Å². The van der Waals surface area contributed by atoms with Crippen LogP contribution in [0.5, 0.6) is 0 Å². The van der Waals surface area contributed by atoms with E-state index in [9.17, 15) is 18.9 Å². The van der Waals surface area contributed by atoms with Crippen LogP contribution < -0.4 is 10.4 Å². The highest BCUT2D eigenvalue weighted by molar-refractivity contribution is 7.39. The highest BCUT2D eigenvalue weighted by Gasteiger charge is 2.51. The molecule has 0 aliphatic heterocycles. The van der Waals surface area contributed by atoms with Crippen molar-refractivity contribution in [2.45, 2.75) is 71.4 Å². The van der Waals surface area contributed by atoms with Crippen LogP contribution in [0.1, 0.15) is 70.7 Å². The molecule has 0 aliphatic carbocycles. The third-order valence-corrected chi connectivity index (χ3v) is 15.8. The summed E-state index contributed by atoms with van der Waals surface area (Å²) < 4.78 is 40.7. The second kappa shape index (κ2) is 18.1. The maximum Gasteiger partial charge on any atom is 0.305 e. The summed E-state index contributed by atoms with van der Waals surface area (Å²) in [5.41, 5.74) is 6.06. The SMILES string of the molecule is CCc1c(-c2ccccc2)nc(C(C)C)c(C#CCO[PH](=O)CC(CC(=O)O)O[Si](c2ccccc2)(c2ccccc2)C(C)(C)C)c1-c1ccc(F)cc1. The highest BCUT2D eigenvalue weighted by Crippen LogP contribution is 2.40. The minimum absolute atomic E-state index is 0.0114. The Bertz CT molecular complexity index is 2070. The molecule has 0 aliphatic rings. The van der Waals surface area contributed by atoms with Crippen LogP contribution in [0.3, 0.4) is 0 Å². The van der Waals surface area contributed by atoms with Gasteiger partial charge < -0.3 is 14.1 Å². The molecule has 5 aromatic rings. The minimum atomic E-state index is -3.13. The fourth-order valence-electron chi connectivity index (χ4n) is 7.08. The van der Waals surface area contributed by atoms with Crippen molar-refractivity contribution in [3.05, 3.63) is 138 Å². The van der Waals surface area contributed by atoms with E-state index < -0.39 is 33.5 Å². The Kier molecular flexibility index (Phi) is 13.6. The standard InChI is InChI=1S/C45H49FNO5PSi/c1-7-39-42(33-25-27-35(46)28-26-33)40(43(32(2)3)47-44(39)34-18-11-8-12-19-34)24-17-29-51-53(50)31-36(30-41(48)49)52-54(45(4,5)6,37-20-13-9-14-21-37)38-22-15-10-16-23-38/h8-16,18-23,25-28,32,36,53H,7,29-31H2,1-6H3,(H,48,49). The van der Waals surface area contributed by atoms with Crippen LogP contribution in [-0.2, 0) is 24.7 Å². The number of carboxylic acid groups (broad SMARTS) is 1. The second-order valence-corrected chi connectivity index (χ2v) is 20.3. The lowest BCUT2D eigenvalue weighted by atomic mass is 9.87. The summed E-state index contributed by atoms with van der Waals surface area (Å²) in [7, 11) is -5.92. The lowest BCUT2D eigenvalue weighted by molar-refractivity contribution is -0.138. The van der Waals surface area contributed by atoms with Crippen molar-refractivity contribution in [3.63, 3.8) is 0 Å². The molecule has 0 fully saturated rings. The first-order chi connectivity index (χ1) is 25.9. The Balaban J connectivity index is 1.47. The van der Waals surface area contributed by atoms with Gasteiger partial charge in [-0.1, -0.05) is 157 Å². The molecule has 280 valence electrons. The van der Waals surface area contributed by atoms with Gasteiger partial charge in [-0.3, -0.25) is 14.3 Å². The van der Waals surface area contributed by atoms with Crippen LogP contribution in [0.2, 0.25) is 5.04 Å². The van der Waals surface area contributed by atoms with Gasteiger partial charge in [0.15, 0.2) is 8.03 Å². The van der Waals surface area contributed by atoms with E-state index in [0.717, 1.165) is 49.6 Å². The summed E-state index contributed by atoms with van der Waals surface area (Å²) >= 11 is 0. The Morgan fingerprint density at radius 3 is 1.93 bits per heavy atom. The molecule has 4 aromatic carbocycles.